The molecule has 0 aliphatic rings. The summed E-state index contributed by atoms with van der Waals surface area (Å²) in [4.78, 5) is 20.1. The number of benzene rings is 2. The van der Waals surface area contributed by atoms with Gasteiger partial charge in [0.1, 0.15) is 5.82 Å². The van der Waals surface area contributed by atoms with E-state index in [9.17, 15) is 9.18 Å². The SMILES string of the molecule is [C-]#[N+]c1ccc(CC(=O)c2ccnc(SCc3ccc(F)cc3)c2)cc1. The zero-order valence-corrected chi connectivity index (χ0v) is 14.7. The summed E-state index contributed by atoms with van der Waals surface area (Å²) >= 11 is 1.50. The Morgan fingerprint density at radius 1 is 1.04 bits per heavy atom. The molecule has 1 aromatic heterocycles. The highest BCUT2D eigenvalue weighted by molar-refractivity contribution is 7.98. The molecule has 0 aliphatic carbocycles. The number of pyridine rings is 1. The molecule has 0 spiro atoms. The molecular formula is C21H15FN2OS. The van der Waals surface area contributed by atoms with E-state index in [-0.39, 0.29) is 18.0 Å². The van der Waals surface area contributed by atoms with E-state index in [0.29, 0.717) is 17.0 Å². The van der Waals surface area contributed by atoms with E-state index in [0.717, 1.165) is 16.2 Å². The van der Waals surface area contributed by atoms with Gasteiger partial charge in [0, 0.05) is 23.9 Å². The average molecular weight is 362 g/mol. The minimum absolute atomic E-state index is 0.00611. The Kier molecular flexibility index (Phi) is 5.77. The maximum absolute atomic E-state index is 12.9. The first-order valence-electron chi connectivity index (χ1n) is 7.97. The third kappa shape index (κ3) is 4.78. The number of carbonyl (C=O) groups excluding carboxylic acids is 1. The number of aromatic nitrogens is 1. The van der Waals surface area contributed by atoms with Crippen molar-refractivity contribution in [2.75, 3.05) is 0 Å². The van der Waals surface area contributed by atoms with Crippen molar-refractivity contribution in [3.8, 4) is 0 Å². The molecule has 0 atom stereocenters. The predicted octanol–water partition coefficient (Wildman–Crippen LogP) is 5.49. The van der Waals surface area contributed by atoms with Crippen molar-refractivity contribution < 1.29 is 9.18 Å². The molecule has 0 amide bonds. The maximum Gasteiger partial charge on any atom is 0.187 e. The van der Waals surface area contributed by atoms with E-state index in [1.165, 1.54) is 23.9 Å². The zero-order valence-electron chi connectivity index (χ0n) is 13.9. The van der Waals surface area contributed by atoms with Gasteiger partial charge in [-0.1, -0.05) is 36.4 Å². The second kappa shape index (κ2) is 8.41. The average Bonchev–Trinajstić information content (AvgIpc) is 2.68. The number of ketones is 1. The monoisotopic (exact) mass is 362 g/mol. The molecule has 3 nitrogen and oxygen atoms in total. The fraction of sp³-hybridized carbons (Fsp3) is 0.0952. The van der Waals surface area contributed by atoms with Gasteiger partial charge in [0.15, 0.2) is 11.5 Å². The molecular weight excluding hydrogens is 347 g/mol. The molecule has 0 saturated heterocycles. The summed E-state index contributed by atoms with van der Waals surface area (Å²) in [5.41, 5.74) is 3.04. The number of thioether (sulfide) groups is 1. The maximum atomic E-state index is 12.9. The molecule has 0 aliphatic heterocycles. The summed E-state index contributed by atoms with van der Waals surface area (Å²) in [5, 5.41) is 0.753. The predicted molar refractivity (Wildman–Crippen MR) is 101 cm³/mol. The molecule has 5 heteroatoms. The van der Waals surface area contributed by atoms with Crippen LogP contribution in [0.2, 0.25) is 0 Å². The van der Waals surface area contributed by atoms with E-state index in [1.807, 2.05) is 0 Å². The zero-order chi connectivity index (χ0) is 18.4. The standard InChI is InChI=1S/C21H15FN2OS/c1-23-19-8-4-15(5-9-19)12-20(25)17-10-11-24-21(13-17)26-14-16-2-6-18(22)7-3-16/h2-11,13H,12,14H2. The van der Waals surface area contributed by atoms with Gasteiger partial charge in [0.05, 0.1) is 11.6 Å². The highest BCUT2D eigenvalue weighted by Gasteiger charge is 2.09. The van der Waals surface area contributed by atoms with Gasteiger partial charge in [-0.3, -0.25) is 4.79 Å². The number of rotatable bonds is 6. The number of Topliss-reactive ketones (excluding diaryl/α,β-unsaturated/α-hetero) is 1. The summed E-state index contributed by atoms with van der Waals surface area (Å²) in [6.45, 7) is 6.96. The molecule has 1 heterocycles. The molecule has 26 heavy (non-hydrogen) atoms. The van der Waals surface area contributed by atoms with E-state index in [4.69, 9.17) is 6.57 Å². The summed E-state index contributed by atoms with van der Waals surface area (Å²) in [7, 11) is 0. The second-order valence-electron chi connectivity index (χ2n) is 5.68. The lowest BCUT2D eigenvalue weighted by atomic mass is 10.0. The lowest BCUT2D eigenvalue weighted by molar-refractivity contribution is 0.0992. The molecule has 3 rings (SSSR count). The number of hydrogen-bond donors (Lipinski definition) is 0. The molecule has 0 bridgehead atoms. The Balaban J connectivity index is 1.64. The van der Waals surface area contributed by atoms with Gasteiger partial charge in [0.25, 0.3) is 0 Å². The molecule has 0 unspecified atom stereocenters. The summed E-state index contributed by atoms with van der Waals surface area (Å²) in [6.07, 6.45) is 1.91. The van der Waals surface area contributed by atoms with Gasteiger partial charge in [-0.05, 0) is 35.4 Å². The Labute approximate surface area is 155 Å². The van der Waals surface area contributed by atoms with Crippen LogP contribution in [0.25, 0.3) is 4.85 Å². The van der Waals surface area contributed by atoms with Crippen LogP contribution < -0.4 is 0 Å². The van der Waals surface area contributed by atoms with Gasteiger partial charge >= 0.3 is 0 Å². The van der Waals surface area contributed by atoms with Crippen LogP contribution in [0.3, 0.4) is 0 Å². The Morgan fingerprint density at radius 3 is 2.42 bits per heavy atom. The van der Waals surface area contributed by atoms with Crippen molar-refractivity contribution in [3.63, 3.8) is 0 Å². The van der Waals surface area contributed by atoms with Gasteiger partial charge in [-0.25, -0.2) is 14.2 Å². The first-order chi connectivity index (χ1) is 12.6. The smallest absolute Gasteiger partial charge is 0.187 e. The van der Waals surface area contributed by atoms with Crippen LogP contribution in [0.5, 0.6) is 0 Å². The van der Waals surface area contributed by atoms with E-state index < -0.39 is 0 Å². The largest absolute Gasteiger partial charge is 0.294 e. The highest BCUT2D eigenvalue weighted by Crippen LogP contribution is 2.22. The van der Waals surface area contributed by atoms with Crippen LogP contribution in [0, 0.1) is 12.4 Å². The normalized spacial score (nSPS) is 10.3. The minimum atomic E-state index is -0.256. The lowest BCUT2D eigenvalue weighted by Crippen LogP contribution is -2.04. The van der Waals surface area contributed by atoms with Gasteiger partial charge < -0.3 is 0 Å². The first kappa shape index (κ1) is 17.8. The number of carbonyl (C=O) groups is 1. The minimum Gasteiger partial charge on any atom is -0.294 e. The Bertz CT molecular complexity index is 947. The van der Waals surface area contributed by atoms with Crippen molar-refractivity contribution in [1.29, 1.82) is 0 Å². The Morgan fingerprint density at radius 2 is 1.73 bits per heavy atom. The van der Waals surface area contributed by atoms with Gasteiger partial charge in [-0.15, -0.1) is 11.8 Å². The van der Waals surface area contributed by atoms with Crippen LogP contribution in [-0.4, -0.2) is 10.8 Å². The van der Waals surface area contributed by atoms with Crippen molar-refractivity contribution in [2.24, 2.45) is 0 Å². The number of halogens is 1. The summed E-state index contributed by atoms with van der Waals surface area (Å²) in [6, 6.07) is 16.9. The fourth-order valence-corrected chi connectivity index (χ4v) is 3.23. The summed E-state index contributed by atoms with van der Waals surface area (Å²) in [5.74, 6) is 0.406. The van der Waals surface area contributed by atoms with Crippen LogP contribution in [0.15, 0.2) is 71.9 Å². The first-order valence-corrected chi connectivity index (χ1v) is 8.95. The third-order valence-electron chi connectivity index (χ3n) is 3.79. The molecule has 128 valence electrons. The number of hydrogen-bond acceptors (Lipinski definition) is 3. The van der Waals surface area contributed by atoms with E-state index in [1.54, 1.807) is 54.7 Å². The van der Waals surface area contributed by atoms with Crippen LogP contribution in [-0.2, 0) is 12.2 Å². The topological polar surface area (TPSA) is 34.3 Å². The van der Waals surface area contributed by atoms with Gasteiger partial charge in [0.2, 0.25) is 0 Å². The molecule has 2 aromatic carbocycles. The van der Waals surface area contributed by atoms with Crippen LogP contribution in [0.4, 0.5) is 10.1 Å². The molecule has 0 saturated carbocycles. The number of nitrogens with zero attached hydrogens (tertiary/aromatic N) is 2. The molecule has 0 N–H and O–H groups in total. The molecule has 0 fully saturated rings. The van der Waals surface area contributed by atoms with Crippen molar-refractivity contribution in [3.05, 3.63) is 101 Å². The fourth-order valence-electron chi connectivity index (χ4n) is 2.38. The summed E-state index contributed by atoms with van der Waals surface area (Å²) < 4.78 is 12.9. The van der Waals surface area contributed by atoms with Crippen LogP contribution >= 0.6 is 11.8 Å². The van der Waals surface area contributed by atoms with E-state index >= 15 is 0 Å². The lowest BCUT2D eigenvalue weighted by Gasteiger charge is -2.05. The Hall–Kier alpha value is -2.97. The van der Waals surface area contributed by atoms with Gasteiger partial charge in [-0.2, -0.15) is 0 Å². The van der Waals surface area contributed by atoms with Crippen molar-refractivity contribution >= 4 is 23.2 Å². The highest BCUT2D eigenvalue weighted by atomic mass is 32.2. The van der Waals surface area contributed by atoms with Crippen molar-refractivity contribution in [2.45, 2.75) is 17.2 Å². The third-order valence-corrected chi connectivity index (χ3v) is 4.78. The van der Waals surface area contributed by atoms with Crippen molar-refractivity contribution in [1.82, 2.24) is 4.98 Å². The quantitative estimate of drug-likeness (QED) is 0.330. The second-order valence-corrected chi connectivity index (χ2v) is 6.67. The molecule has 3 aromatic rings. The van der Waals surface area contributed by atoms with E-state index in [2.05, 4.69) is 9.83 Å². The molecule has 0 radical (unpaired) electrons. The van der Waals surface area contributed by atoms with Crippen LogP contribution in [0.1, 0.15) is 21.5 Å².